The molecule has 0 amide bonds. The summed E-state index contributed by atoms with van der Waals surface area (Å²) in [5.74, 6) is 0. The molecule has 0 aliphatic heterocycles. The van der Waals surface area contributed by atoms with Crippen LogP contribution in [0.2, 0.25) is 6.04 Å². The molecule has 0 bridgehead atoms. The molecule has 0 N–H and O–H groups in total. The smallest absolute Gasteiger partial charge is 0.162 e. The fraction of sp³-hybridized carbons (Fsp3) is 1.00. The van der Waals surface area contributed by atoms with Crippen molar-refractivity contribution in [1.82, 2.24) is 0 Å². The molecular weight excluding hydrogens is 188 g/mol. The Hall–Kier alpha value is 0.177. The molecule has 14 heavy (non-hydrogen) atoms. The molecule has 86 valence electrons. The van der Waals surface area contributed by atoms with E-state index in [1.165, 1.54) is 44.6 Å². The zero-order valence-corrected chi connectivity index (χ0v) is 12.0. The van der Waals surface area contributed by atoms with Gasteiger partial charge >= 0.3 is 0 Å². The topological polar surface area (TPSA) is 9.23 Å². The van der Waals surface area contributed by atoms with Crippen LogP contribution in [0.1, 0.15) is 66.2 Å². The van der Waals surface area contributed by atoms with Crippen molar-refractivity contribution < 1.29 is 4.43 Å². The molecule has 2 heteroatoms. The van der Waals surface area contributed by atoms with Crippen LogP contribution in [0.5, 0.6) is 0 Å². The summed E-state index contributed by atoms with van der Waals surface area (Å²) < 4.78 is 6.24. The summed E-state index contributed by atoms with van der Waals surface area (Å²) in [4.78, 5) is 0. The molecule has 0 saturated carbocycles. The lowest BCUT2D eigenvalue weighted by Gasteiger charge is -2.34. The van der Waals surface area contributed by atoms with Gasteiger partial charge < -0.3 is 4.43 Å². The van der Waals surface area contributed by atoms with Gasteiger partial charge in [-0.25, -0.2) is 0 Å². The van der Waals surface area contributed by atoms with E-state index in [1.807, 2.05) is 0 Å². The summed E-state index contributed by atoms with van der Waals surface area (Å²) in [5.41, 5.74) is 0.264. The quantitative estimate of drug-likeness (QED) is 0.534. The minimum atomic E-state index is -0.243. The van der Waals surface area contributed by atoms with E-state index in [1.54, 1.807) is 0 Å². The molecule has 0 aromatic heterocycles. The Balaban J connectivity index is 4.21. The van der Waals surface area contributed by atoms with Crippen LogP contribution in [0, 0.1) is 0 Å². The minimum Gasteiger partial charge on any atom is -0.419 e. The highest BCUT2D eigenvalue weighted by Crippen LogP contribution is 2.29. The van der Waals surface area contributed by atoms with Gasteiger partial charge in [0.05, 0.1) is 5.60 Å². The summed E-state index contributed by atoms with van der Waals surface area (Å²) >= 11 is 0. The maximum atomic E-state index is 6.24. The van der Waals surface area contributed by atoms with Crippen LogP contribution in [-0.4, -0.2) is 15.4 Å². The monoisotopic (exact) mass is 216 g/mol. The molecule has 0 aliphatic carbocycles. The largest absolute Gasteiger partial charge is 0.419 e. The van der Waals surface area contributed by atoms with Gasteiger partial charge in [0.2, 0.25) is 0 Å². The Morgan fingerprint density at radius 2 is 1.29 bits per heavy atom. The second-order valence-electron chi connectivity index (χ2n) is 4.28. The average Bonchev–Trinajstić information content (AvgIpc) is 2.16. The first-order valence-electron chi connectivity index (χ1n) is 6.38. The van der Waals surface area contributed by atoms with Crippen LogP contribution in [-0.2, 0) is 4.43 Å². The van der Waals surface area contributed by atoms with Crippen molar-refractivity contribution in [2.24, 2.45) is 0 Å². The molecule has 1 nitrogen and oxygen atoms in total. The highest BCUT2D eigenvalue weighted by Gasteiger charge is 2.26. The van der Waals surface area contributed by atoms with Crippen molar-refractivity contribution >= 4 is 9.76 Å². The normalized spacial score (nSPS) is 12.9. The molecule has 0 aromatic carbocycles. The first-order valence-corrected chi connectivity index (χ1v) is 7.96. The van der Waals surface area contributed by atoms with E-state index < -0.39 is 0 Å². The summed E-state index contributed by atoms with van der Waals surface area (Å²) in [7, 11) is -0.243. The van der Waals surface area contributed by atoms with Gasteiger partial charge in [-0.3, -0.25) is 0 Å². The zero-order valence-electron chi connectivity index (χ0n) is 10.6. The molecule has 0 aromatic rings. The van der Waals surface area contributed by atoms with Gasteiger partial charge in [-0.1, -0.05) is 47.0 Å². The Morgan fingerprint density at radius 3 is 1.57 bits per heavy atom. The molecule has 0 heterocycles. The highest BCUT2D eigenvalue weighted by atomic mass is 28.2. The van der Waals surface area contributed by atoms with Gasteiger partial charge in [-0.15, -0.1) is 0 Å². The van der Waals surface area contributed by atoms with Gasteiger partial charge in [0.15, 0.2) is 9.76 Å². The SMILES string of the molecule is CCCC(CCC)(CCC)O[SiH2]CC. The van der Waals surface area contributed by atoms with E-state index in [9.17, 15) is 0 Å². The molecule has 0 aliphatic rings. The maximum absolute atomic E-state index is 6.24. The van der Waals surface area contributed by atoms with Crippen LogP contribution in [0.4, 0.5) is 0 Å². The number of hydrogen-bond donors (Lipinski definition) is 0. The zero-order chi connectivity index (χ0) is 10.9. The molecular formula is C12H28OSi. The van der Waals surface area contributed by atoms with E-state index in [0.717, 1.165) is 0 Å². The van der Waals surface area contributed by atoms with Gasteiger partial charge in [0.25, 0.3) is 0 Å². The Morgan fingerprint density at radius 1 is 0.857 bits per heavy atom. The molecule has 0 fully saturated rings. The Kier molecular flexibility index (Phi) is 8.59. The van der Waals surface area contributed by atoms with Crippen molar-refractivity contribution in [2.75, 3.05) is 0 Å². The fourth-order valence-corrected chi connectivity index (χ4v) is 3.35. The second-order valence-corrected chi connectivity index (χ2v) is 5.98. The highest BCUT2D eigenvalue weighted by molar-refractivity contribution is 6.27. The van der Waals surface area contributed by atoms with Gasteiger partial charge in [0, 0.05) is 0 Å². The number of rotatable bonds is 9. The lowest BCUT2D eigenvalue weighted by molar-refractivity contribution is 0.0426. The lowest BCUT2D eigenvalue weighted by Crippen LogP contribution is -2.33. The summed E-state index contributed by atoms with van der Waals surface area (Å²) in [6.07, 6.45) is 7.58. The third kappa shape index (κ3) is 5.16. The standard InChI is InChI=1S/C12H28OSi/c1-5-9-12(10-6-2,11-7-3)13-14-8-4/h5-11,14H2,1-4H3. The summed E-state index contributed by atoms with van der Waals surface area (Å²) in [5, 5.41) is 0. The van der Waals surface area contributed by atoms with Crippen molar-refractivity contribution in [3.63, 3.8) is 0 Å². The van der Waals surface area contributed by atoms with Crippen molar-refractivity contribution in [3.05, 3.63) is 0 Å². The first kappa shape index (κ1) is 14.2. The van der Waals surface area contributed by atoms with Crippen LogP contribution in [0.25, 0.3) is 0 Å². The minimum absolute atomic E-state index is 0.243. The maximum Gasteiger partial charge on any atom is 0.162 e. The van der Waals surface area contributed by atoms with Crippen molar-refractivity contribution in [2.45, 2.75) is 77.9 Å². The van der Waals surface area contributed by atoms with E-state index in [4.69, 9.17) is 4.43 Å². The van der Waals surface area contributed by atoms with Crippen molar-refractivity contribution in [3.8, 4) is 0 Å². The molecule has 0 atom stereocenters. The van der Waals surface area contributed by atoms with E-state index in [0.29, 0.717) is 0 Å². The third-order valence-electron chi connectivity index (χ3n) is 2.73. The summed E-state index contributed by atoms with van der Waals surface area (Å²) in [6, 6.07) is 1.28. The van der Waals surface area contributed by atoms with Crippen LogP contribution in [0.3, 0.4) is 0 Å². The molecule has 0 rings (SSSR count). The molecule has 0 spiro atoms. The molecule has 0 saturated heterocycles. The van der Waals surface area contributed by atoms with Gasteiger partial charge in [-0.2, -0.15) is 0 Å². The first-order chi connectivity index (χ1) is 6.74. The van der Waals surface area contributed by atoms with Crippen LogP contribution in [0.15, 0.2) is 0 Å². The molecule has 0 radical (unpaired) electrons. The van der Waals surface area contributed by atoms with E-state index in [-0.39, 0.29) is 15.4 Å². The van der Waals surface area contributed by atoms with Gasteiger partial charge in [-0.05, 0) is 25.3 Å². The predicted molar refractivity (Wildman–Crippen MR) is 67.6 cm³/mol. The Labute approximate surface area is 92.6 Å². The average molecular weight is 216 g/mol. The van der Waals surface area contributed by atoms with Crippen molar-refractivity contribution in [1.29, 1.82) is 0 Å². The van der Waals surface area contributed by atoms with Gasteiger partial charge in [0.1, 0.15) is 0 Å². The van der Waals surface area contributed by atoms with Crippen LogP contribution < -0.4 is 0 Å². The third-order valence-corrected chi connectivity index (χ3v) is 3.95. The Bertz CT molecular complexity index is 108. The van der Waals surface area contributed by atoms with E-state index in [2.05, 4.69) is 27.7 Å². The summed E-state index contributed by atoms with van der Waals surface area (Å²) in [6.45, 7) is 9.08. The molecule has 0 unspecified atom stereocenters. The fourth-order valence-electron chi connectivity index (χ4n) is 2.28. The van der Waals surface area contributed by atoms with E-state index >= 15 is 0 Å². The lowest BCUT2D eigenvalue weighted by atomic mass is 9.88. The van der Waals surface area contributed by atoms with Crippen LogP contribution >= 0.6 is 0 Å². The number of hydrogen-bond acceptors (Lipinski definition) is 1. The second kappa shape index (κ2) is 8.48. The predicted octanol–water partition coefficient (Wildman–Crippen LogP) is 3.66.